The minimum atomic E-state index is -0.672. The molecule has 0 bridgehead atoms. The van der Waals surface area contributed by atoms with Gasteiger partial charge >= 0.3 is 0 Å². The summed E-state index contributed by atoms with van der Waals surface area (Å²) in [6, 6.07) is 7.71. The van der Waals surface area contributed by atoms with E-state index in [1.165, 1.54) is 25.9 Å². The Morgan fingerprint density at radius 1 is 1.18 bits per heavy atom. The fourth-order valence-corrected chi connectivity index (χ4v) is 4.19. The Morgan fingerprint density at radius 3 is 2.76 bits per heavy atom. The lowest BCUT2D eigenvalue weighted by molar-refractivity contribution is -0.139. The lowest BCUT2D eigenvalue weighted by Crippen LogP contribution is -2.33. The smallest absolute Gasteiger partial charge is 0.293 e. The van der Waals surface area contributed by atoms with Crippen molar-refractivity contribution in [2.75, 3.05) is 45.2 Å². The molecule has 1 aliphatic rings. The molecule has 1 fully saturated rings. The van der Waals surface area contributed by atoms with Gasteiger partial charge in [0.15, 0.2) is 17.1 Å². The molecule has 33 heavy (non-hydrogen) atoms. The zero-order valence-corrected chi connectivity index (χ0v) is 19.6. The van der Waals surface area contributed by atoms with Crippen LogP contribution >= 0.6 is 0 Å². The van der Waals surface area contributed by atoms with Gasteiger partial charge in [0.25, 0.3) is 6.47 Å². The lowest BCUT2D eigenvalue weighted by Gasteiger charge is -2.24. The average Bonchev–Trinajstić information content (AvgIpc) is 3.32. The summed E-state index contributed by atoms with van der Waals surface area (Å²) in [6.07, 6.45) is 5.28. The van der Waals surface area contributed by atoms with Gasteiger partial charge in [-0.3, -0.25) is 4.79 Å². The zero-order chi connectivity index (χ0) is 23.3. The molecule has 1 aromatic carbocycles. The van der Waals surface area contributed by atoms with E-state index in [4.69, 9.17) is 19.2 Å². The molecule has 3 aromatic rings. The molecular weight excluding hydrogens is 420 g/mol. The number of benzene rings is 1. The van der Waals surface area contributed by atoms with E-state index >= 15 is 0 Å². The number of ether oxygens (including phenoxy) is 3. The summed E-state index contributed by atoms with van der Waals surface area (Å²) in [5, 5.41) is 5.21. The van der Waals surface area contributed by atoms with Crippen molar-refractivity contribution in [3.05, 3.63) is 30.5 Å². The molecule has 0 amide bonds. The van der Waals surface area contributed by atoms with Crippen LogP contribution in [0.5, 0.6) is 11.5 Å². The molecule has 3 heterocycles. The Balaban J connectivity index is 1.63. The van der Waals surface area contributed by atoms with Crippen LogP contribution in [0, 0.1) is 0 Å². The summed E-state index contributed by atoms with van der Waals surface area (Å²) in [7, 11) is 1.64. The van der Waals surface area contributed by atoms with Crippen molar-refractivity contribution in [1.29, 1.82) is 0 Å². The number of carbonyl (C=O) groups excluding carboxylic acids is 1. The van der Waals surface area contributed by atoms with E-state index in [1.54, 1.807) is 13.3 Å². The number of methoxy groups -OCH3 is 1. The Labute approximate surface area is 194 Å². The maximum Gasteiger partial charge on any atom is 0.293 e. The first-order chi connectivity index (χ1) is 16.0. The first kappa shape index (κ1) is 23.0. The summed E-state index contributed by atoms with van der Waals surface area (Å²) in [5.74, 6) is 1.32. The molecule has 8 nitrogen and oxygen atoms in total. The Bertz CT molecular complexity index is 1110. The molecule has 0 saturated carbocycles. The minimum Gasteiger partial charge on any atom is -0.493 e. The van der Waals surface area contributed by atoms with Crippen molar-refractivity contribution in [2.45, 2.75) is 38.7 Å². The molecule has 0 radical (unpaired) electrons. The summed E-state index contributed by atoms with van der Waals surface area (Å²) in [5.41, 5.74) is 1.58. The summed E-state index contributed by atoms with van der Waals surface area (Å²) in [6.45, 7) is 8.65. The molecule has 0 aliphatic carbocycles. The standard InChI is InChI=1S/C25H32N4O4/c1-25(2,33-17-30)16-27-23-18-8-6-9-26-24(18)28-20-15-22(21(31-3)14-19(20)23)32-13-7-12-29-10-4-5-11-29/h6,8-9,14-15,17H,4-5,7,10-13,16H2,1-3H3,(H,26,27,28). The number of likely N-dealkylation sites (tertiary alicyclic amines) is 1. The van der Waals surface area contributed by atoms with Crippen LogP contribution in [0.15, 0.2) is 30.5 Å². The number of fused-ring (bicyclic) bond motifs is 2. The number of nitrogens with zero attached hydrogens (tertiary/aromatic N) is 3. The van der Waals surface area contributed by atoms with Gasteiger partial charge in [0.05, 0.1) is 31.5 Å². The predicted octanol–water partition coefficient (Wildman–Crippen LogP) is 4.02. The van der Waals surface area contributed by atoms with Crippen molar-refractivity contribution in [3.8, 4) is 11.5 Å². The zero-order valence-electron chi connectivity index (χ0n) is 19.6. The van der Waals surface area contributed by atoms with Gasteiger partial charge in [0.1, 0.15) is 5.60 Å². The van der Waals surface area contributed by atoms with Crippen LogP contribution in [-0.4, -0.2) is 66.8 Å². The minimum absolute atomic E-state index is 0.423. The second-order valence-corrected chi connectivity index (χ2v) is 8.96. The van der Waals surface area contributed by atoms with Crippen LogP contribution < -0.4 is 14.8 Å². The van der Waals surface area contributed by atoms with E-state index in [2.05, 4.69) is 15.2 Å². The maximum absolute atomic E-state index is 10.9. The summed E-state index contributed by atoms with van der Waals surface area (Å²) in [4.78, 5) is 22.5. The van der Waals surface area contributed by atoms with Crippen LogP contribution in [0.3, 0.4) is 0 Å². The Morgan fingerprint density at radius 2 is 2.00 bits per heavy atom. The van der Waals surface area contributed by atoms with Crippen LogP contribution in [-0.2, 0) is 9.53 Å². The number of hydrogen-bond acceptors (Lipinski definition) is 8. The number of pyridine rings is 2. The molecule has 0 unspecified atom stereocenters. The Kier molecular flexibility index (Phi) is 7.13. The first-order valence-electron chi connectivity index (χ1n) is 11.5. The summed E-state index contributed by atoms with van der Waals surface area (Å²) >= 11 is 0. The highest BCUT2D eigenvalue weighted by Crippen LogP contribution is 2.38. The normalized spacial score (nSPS) is 14.5. The van der Waals surface area contributed by atoms with E-state index in [0.29, 0.717) is 36.8 Å². The fourth-order valence-electron chi connectivity index (χ4n) is 4.19. The van der Waals surface area contributed by atoms with E-state index < -0.39 is 5.60 Å². The molecule has 1 aliphatic heterocycles. The fraction of sp³-hybridized carbons (Fsp3) is 0.480. The SMILES string of the molecule is COc1cc2c(NCC(C)(C)OC=O)c3cccnc3nc2cc1OCCCN1CCCC1. The lowest BCUT2D eigenvalue weighted by atomic mass is 10.1. The molecule has 176 valence electrons. The third-order valence-electron chi connectivity index (χ3n) is 5.97. The van der Waals surface area contributed by atoms with Gasteiger partial charge in [-0.05, 0) is 64.4 Å². The molecule has 1 saturated heterocycles. The highest BCUT2D eigenvalue weighted by molar-refractivity contribution is 6.07. The third kappa shape index (κ3) is 5.45. The largest absolute Gasteiger partial charge is 0.493 e. The highest BCUT2D eigenvalue weighted by atomic mass is 16.5. The van der Waals surface area contributed by atoms with Crippen molar-refractivity contribution in [3.63, 3.8) is 0 Å². The molecule has 1 N–H and O–H groups in total. The number of rotatable bonds is 11. The number of anilines is 1. The molecular formula is C25H32N4O4. The second-order valence-electron chi connectivity index (χ2n) is 8.96. The Hall–Kier alpha value is -3.13. The van der Waals surface area contributed by atoms with Gasteiger partial charge in [-0.2, -0.15) is 0 Å². The average molecular weight is 453 g/mol. The molecule has 0 spiro atoms. The van der Waals surface area contributed by atoms with Crippen LogP contribution in [0.1, 0.15) is 33.1 Å². The van der Waals surface area contributed by atoms with Crippen molar-refractivity contribution in [1.82, 2.24) is 14.9 Å². The maximum atomic E-state index is 10.9. The molecule has 8 heteroatoms. The van der Waals surface area contributed by atoms with Crippen LogP contribution in [0.4, 0.5) is 5.69 Å². The molecule has 4 rings (SSSR count). The van der Waals surface area contributed by atoms with Gasteiger partial charge in [0, 0.05) is 29.6 Å². The second kappa shape index (κ2) is 10.2. The summed E-state index contributed by atoms with van der Waals surface area (Å²) < 4.78 is 17.0. The highest BCUT2D eigenvalue weighted by Gasteiger charge is 2.21. The topological polar surface area (TPSA) is 85.8 Å². The van der Waals surface area contributed by atoms with Gasteiger partial charge in [-0.15, -0.1) is 0 Å². The van der Waals surface area contributed by atoms with Crippen LogP contribution in [0.25, 0.3) is 21.9 Å². The molecule has 2 aromatic heterocycles. The van der Waals surface area contributed by atoms with Crippen LogP contribution in [0.2, 0.25) is 0 Å². The van der Waals surface area contributed by atoms with Gasteiger partial charge < -0.3 is 24.4 Å². The first-order valence-corrected chi connectivity index (χ1v) is 11.5. The number of carbonyl (C=O) groups is 1. The number of aromatic nitrogens is 2. The number of hydrogen-bond donors (Lipinski definition) is 1. The predicted molar refractivity (Wildman–Crippen MR) is 129 cm³/mol. The van der Waals surface area contributed by atoms with Crippen molar-refractivity contribution in [2.24, 2.45) is 0 Å². The van der Waals surface area contributed by atoms with E-state index in [9.17, 15) is 4.79 Å². The van der Waals surface area contributed by atoms with Gasteiger partial charge in [-0.25, -0.2) is 9.97 Å². The molecule has 0 atom stereocenters. The van der Waals surface area contributed by atoms with E-state index in [1.807, 2.05) is 38.1 Å². The van der Waals surface area contributed by atoms with Crippen molar-refractivity contribution >= 4 is 34.1 Å². The number of nitrogens with one attached hydrogen (secondary N) is 1. The quantitative estimate of drug-likeness (QED) is 0.265. The van der Waals surface area contributed by atoms with Gasteiger partial charge in [0.2, 0.25) is 0 Å². The van der Waals surface area contributed by atoms with E-state index in [-0.39, 0.29) is 0 Å². The third-order valence-corrected chi connectivity index (χ3v) is 5.97. The monoisotopic (exact) mass is 452 g/mol. The van der Waals surface area contributed by atoms with Gasteiger partial charge in [-0.1, -0.05) is 0 Å². The van der Waals surface area contributed by atoms with Crippen molar-refractivity contribution < 1.29 is 19.0 Å². The van der Waals surface area contributed by atoms with E-state index in [0.717, 1.165) is 34.9 Å².